The molecule has 3 heterocycles. The van der Waals surface area contributed by atoms with Gasteiger partial charge in [-0.25, -0.2) is 0 Å². The topological polar surface area (TPSA) is 31.6 Å². The molecule has 1 aromatic carbocycles. The van der Waals surface area contributed by atoms with E-state index in [9.17, 15) is 5.11 Å². The van der Waals surface area contributed by atoms with E-state index in [1.54, 1.807) is 11.3 Å². The van der Waals surface area contributed by atoms with Crippen LogP contribution in [-0.2, 0) is 13.0 Å². The molecule has 5 rings (SSSR count). The quantitative estimate of drug-likeness (QED) is 0.916. The van der Waals surface area contributed by atoms with Gasteiger partial charge in [-0.1, -0.05) is 11.6 Å². The zero-order chi connectivity index (χ0) is 17.7. The molecule has 0 saturated carbocycles. The Bertz CT molecular complexity index is 805. The first-order valence-corrected chi connectivity index (χ1v) is 10.5. The molecule has 0 bridgehead atoms. The van der Waals surface area contributed by atoms with Crippen molar-refractivity contribution in [2.24, 2.45) is 0 Å². The van der Waals surface area contributed by atoms with Gasteiger partial charge in [0.25, 0.3) is 0 Å². The van der Waals surface area contributed by atoms with E-state index >= 15 is 0 Å². The summed E-state index contributed by atoms with van der Waals surface area (Å²) >= 11 is 0. The number of likely N-dealkylation sites (tertiary alicyclic amines) is 1. The van der Waals surface area contributed by atoms with Crippen molar-refractivity contribution in [2.45, 2.75) is 57.7 Å². The maximum Gasteiger partial charge on any atom is 0.0794 e. The number of aromatic nitrogens is 1. The first-order chi connectivity index (χ1) is 12.7. The SMILES string of the molecule is Cc1ccc2c(c1)c1c3n2CCN(C[C@@H](O)CN2CCCC2)[C@H]3CCC1. The van der Waals surface area contributed by atoms with Crippen LogP contribution in [0.3, 0.4) is 0 Å². The fourth-order valence-electron chi connectivity index (χ4n) is 5.60. The summed E-state index contributed by atoms with van der Waals surface area (Å²) in [6.45, 7) is 8.31. The highest BCUT2D eigenvalue weighted by Crippen LogP contribution is 2.42. The Morgan fingerprint density at radius 1 is 1.08 bits per heavy atom. The summed E-state index contributed by atoms with van der Waals surface area (Å²) in [4.78, 5) is 5.01. The number of aliphatic hydroxyl groups is 1. The standard InChI is InChI=1S/C22H31N3O/c1-16-7-8-20-19(13-16)18-5-4-6-21-22(18)25(20)12-11-24(21)15-17(26)14-23-9-2-3-10-23/h7-8,13,17,21,26H,2-6,9-12,14-15H2,1H3/t17-,21-/m0/s1. The third-order valence-electron chi connectivity index (χ3n) is 6.75. The van der Waals surface area contributed by atoms with Gasteiger partial charge in [0.1, 0.15) is 0 Å². The molecule has 0 spiro atoms. The van der Waals surface area contributed by atoms with Crippen LogP contribution in [0.2, 0.25) is 0 Å². The van der Waals surface area contributed by atoms with Crippen LogP contribution >= 0.6 is 0 Å². The number of aliphatic hydroxyl groups excluding tert-OH is 1. The van der Waals surface area contributed by atoms with Crippen LogP contribution in [0.15, 0.2) is 18.2 Å². The minimum absolute atomic E-state index is 0.225. The highest BCUT2D eigenvalue weighted by atomic mass is 16.3. The van der Waals surface area contributed by atoms with Crippen LogP contribution in [0.25, 0.3) is 10.9 Å². The van der Waals surface area contributed by atoms with Crippen molar-refractivity contribution in [2.75, 3.05) is 32.7 Å². The lowest BCUT2D eigenvalue weighted by Gasteiger charge is -2.41. The van der Waals surface area contributed by atoms with Gasteiger partial charge in [0.15, 0.2) is 0 Å². The summed E-state index contributed by atoms with van der Waals surface area (Å²) in [6.07, 6.45) is 6.08. The van der Waals surface area contributed by atoms with Crippen molar-refractivity contribution in [3.63, 3.8) is 0 Å². The van der Waals surface area contributed by atoms with Gasteiger partial charge in [-0.2, -0.15) is 0 Å². The summed E-state index contributed by atoms with van der Waals surface area (Å²) in [5, 5.41) is 12.2. The van der Waals surface area contributed by atoms with Crippen molar-refractivity contribution >= 4 is 10.9 Å². The monoisotopic (exact) mass is 353 g/mol. The highest BCUT2D eigenvalue weighted by molar-refractivity contribution is 5.87. The van der Waals surface area contributed by atoms with E-state index in [2.05, 4.69) is 39.5 Å². The van der Waals surface area contributed by atoms with E-state index in [0.717, 1.165) is 39.3 Å². The maximum atomic E-state index is 10.7. The third kappa shape index (κ3) is 2.79. The summed E-state index contributed by atoms with van der Waals surface area (Å²) < 4.78 is 2.58. The summed E-state index contributed by atoms with van der Waals surface area (Å²) in [7, 11) is 0. The number of fused-ring (bicyclic) bond motifs is 3. The molecular weight excluding hydrogens is 322 g/mol. The van der Waals surface area contributed by atoms with Gasteiger partial charge in [-0.15, -0.1) is 0 Å². The molecule has 4 heteroatoms. The molecule has 1 saturated heterocycles. The van der Waals surface area contributed by atoms with Crippen molar-refractivity contribution < 1.29 is 5.11 Å². The van der Waals surface area contributed by atoms with Crippen LogP contribution in [0.1, 0.15) is 48.5 Å². The average molecular weight is 354 g/mol. The lowest BCUT2D eigenvalue weighted by molar-refractivity contribution is 0.0464. The van der Waals surface area contributed by atoms with Crippen molar-refractivity contribution in [3.05, 3.63) is 35.0 Å². The maximum absolute atomic E-state index is 10.7. The lowest BCUT2D eigenvalue weighted by Crippen LogP contribution is -2.45. The Morgan fingerprint density at radius 3 is 2.77 bits per heavy atom. The van der Waals surface area contributed by atoms with E-state index in [1.807, 2.05) is 0 Å². The molecule has 0 radical (unpaired) electrons. The van der Waals surface area contributed by atoms with Crippen molar-refractivity contribution in [1.82, 2.24) is 14.4 Å². The zero-order valence-electron chi connectivity index (χ0n) is 16.0. The van der Waals surface area contributed by atoms with Crippen LogP contribution < -0.4 is 0 Å². The Hall–Kier alpha value is -1.36. The molecule has 1 N–H and O–H groups in total. The summed E-state index contributed by atoms with van der Waals surface area (Å²) in [5.74, 6) is 0. The van der Waals surface area contributed by atoms with Crippen LogP contribution in [0, 0.1) is 6.92 Å². The molecule has 1 fully saturated rings. The minimum Gasteiger partial charge on any atom is -0.390 e. The predicted octanol–water partition coefficient (Wildman–Crippen LogP) is 3.10. The minimum atomic E-state index is -0.225. The third-order valence-corrected chi connectivity index (χ3v) is 6.75. The number of nitrogens with zero attached hydrogens (tertiary/aromatic N) is 3. The molecule has 0 unspecified atom stereocenters. The smallest absolute Gasteiger partial charge is 0.0794 e. The molecule has 2 aromatic rings. The Morgan fingerprint density at radius 2 is 1.92 bits per heavy atom. The molecule has 0 amide bonds. The van der Waals surface area contributed by atoms with E-state index in [1.165, 1.54) is 48.6 Å². The molecule has 140 valence electrons. The van der Waals surface area contributed by atoms with E-state index in [0.29, 0.717) is 6.04 Å². The van der Waals surface area contributed by atoms with Gasteiger partial charge in [-0.05, 0) is 69.8 Å². The first-order valence-electron chi connectivity index (χ1n) is 10.5. The molecule has 26 heavy (non-hydrogen) atoms. The van der Waals surface area contributed by atoms with Crippen LogP contribution in [-0.4, -0.2) is 58.3 Å². The molecule has 4 nitrogen and oxygen atoms in total. The first kappa shape index (κ1) is 16.8. The second kappa shape index (κ2) is 6.66. The number of rotatable bonds is 4. The fourth-order valence-corrected chi connectivity index (χ4v) is 5.60. The molecular formula is C22H31N3O. The molecule has 2 atom stereocenters. The molecule has 1 aliphatic carbocycles. The largest absolute Gasteiger partial charge is 0.390 e. The van der Waals surface area contributed by atoms with Gasteiger partial charge in [0.05, 0.1) is 12.1 Å². The van der Waals surface area contributed by atoms with Gasteiger partial charge >= 0.3 is 0 Å². The number of hydrogen-bond donors (Lipinski definition) is 1. The number of β-amino-alcohol motifs (C(OH)–C–C–N with tert-alkyl or cyclic N) is 1. The Labute approximate surface area is 156 Å². The van der Waals surface area contributed by atoms with E-state index < -0.39 is 0 Å². The van der Waals surface area contributed by atoms with Gasteiger partial charge in [0.2, 0.25) is 0 Å². The number of benzene rings is 1. The molecule has 2 aliphatic heterocycles. The Balaban J connectivity index is 1.42. The lowest BCUT2D eigenvalue weighted by atomic mass is 9.89. The highest BCUT2D eigenvalue weighted by Gasteiger charge is 2.35. The van der Waals surface area contributed by atoms with Crippen LogP contribution in [0.4, 0.5) is 0 Å². The summed E-state index contributed by atoms with van der Waals surface area (Å²) in [6, 6.07) is 7.44. The fraction of sp³-hybridized carbons (Fsp3) is 0.636. The Kier molecular flexibility index (Phi) is 4.30. The zero-order valence-corrected chi connectivity index (χ0v) is 16.0. The molecule has 3 aliphatic rings. The van der Waals surface area contributed by atoms with Gasteiger partial charge in [0, 0.05) is 42.8 Å². The second-order valence-corrected chi connectivity index (χ2v) is 8.60. The predicted molar refractivity (Wildman–Crippen MR) is 106 cm³/mol. The van der Waals surface area contributed by atoms with E-state index in [4.69, 9.17) is 0 Å². The number of aryl methyl sites for hydroxylation is 2. The molecule has 1 aromatic heterocycles. The number of hydrogen-bond acceptors (Lipinski definition) is 3. The van der Waals surface area contributed by atoms with Gasteiger partial charge in [-0.3, -0.25) is 4.90 Å². The normalized spacial score (nSPS) is 24.9. The average Bonchev–Trinajstić information content (AvgIpc) is 3.25. The van der Waals surface area contributed by atoms with Gasteiger partial charge < -0.3 is 14.6 Å². The van der Waals surface area contributed by atoms with Crippen molar-refractivity contribution in [1.29, 1.82) is 0 Å². The van der Waals surface area contributed by atoms with Crippen molar-refractivity contribution in [3.8, 4) is 0 Å². The van der Waals surface area contributed by atoms with Crippen LogP contribution in [0.5, 0.6) is 0 Å². The summed E-state index contributed by atoms with van der Waals surface area (Å²) in [5.41, 5.74) is 5.91. The van der Waals surface area contributed by atoms with E-state index in [-0.39, 0.29) is 6.10 Å². The second-order valence-electron chi connectivity index (χ2n) is 8.60.